The molecular weight excluding hydrogens is 624 g/mol. The molecule has 0 aromatic carbocycles. The van der Waals surface area contributed by atoms with Crippen LogP contribution in [0, 0.1) is 0 Å². The van der Waals surface area contributed by atoms with Gasteiger partial charge in [-0.2, -0.15) is 0 Å². The Bertz CT molecular complexity index is 786. The summed E-state index contributed by atoms with van der Waals surface area (Å²) in [5.41, 5.74) is 0. The van der Waals surface area contributed by atoms with Crippen molar-refractivity contribution in [1.82, 2.24) is 10.6 Å². The van der Waals surface area contributed by atoms with Gasteiger partial charge in [0, 0.05) is 13.0 Å². The van der Waals surface area contributed by atoms with E-state index in [4.69, 9.17) is 9.47 Å². The average Bonchev–Trinajstić information content (AvgIpc) is 3.10. The summed E-state index contributed by atoms with van der Waals surface area (Å²) < 4.78 is 11.1. The van der Waals surface area contributed by atoms with Gasteiger partial charge in [0.15, 0.2) is 6.29 Å². The van der Waals surface area contributed by atoms with E-state index in [1.54, 1.807) is 0 Å². The van der Waals surface area contributed by atoms with Crippen molar-refractivity contribution in [3.8, 4) is 0 Å². The van der Waals surface area contributed by atoms with Crippen LogP contribution >= 0.6 is 0 Å². The Kier molecular flexibility index (Phi) is 29.3. The summed E-state index contributed by atoms with van der Waals surface area (Å²) >= 11 is 0. The summed E-state index contributed by atoms with van der Waals surface area (Å²) in [5, 5.41) is 45.7. The van der Waals surface area contributed by atoms with Gasteiger partial charge in [-0.25, -0.2) is 0 Å². The molecule has 0 aliphatic carbocycles. The Morgan fingerprint density at radius 3 is 1.49 bits per heavy atom. The van der Waals surface area contributed by atoms with Crippen molar-refractivity contribution >= 4 is 11.8 Å². The summed E-state index contributed by atoms with van der Waals surface area (Å²) in [4.78, 5) is 25.9. The summed E-state index contributed by atoms with van der Waals surface area (Å²) in [5.74, 6) is -0.627. The molecule has 0 aromatic rings. The molecule has 0 unspecified atom stereocenters. The molecule has 6 N–H and O–H groups in total. The fourth-order valence-corrected chi connectivity index (χ4v) is 6.45. The van der Waals surface area contributed by atoms with Gasteiger partial charge in [-0.15, -0.1) is 0 Å². The molecule has 1 rings (SSSR count). The lowest BCUT2D eigenvalue weighted by molar-refractivity contribution is -0.301. The maximum Gasteiger partial charge on any atom is 0.244 e. The molecule has 290 valence electrons. The molecule has 0 bridgehead atoms. The van der Waals surface area contributed by atoms with Gasteiger partial charge in [0.05, 0.1) is 13.2 Å². The van der Waals surface area contributed by atoms with Crippen LogP contribution in [0.2, 0.25) is 0 Å². The highest BCUT2D eigenvalue weighted by Gasteiger charge is 2.44. The molecule has 10 heteroatoms. The molecule has 1 aliphatic heterocycles. The quantitative estimate of drug-likeness (QED) is 0.0419. The SMILES string of the molecule is CCCCCCCCCCCCCCCC(=O)N[C@@H](CO[C@H]1O[C@H](CO)[C@H](O)[C@H](O)[C@H]1O)C(=O)NCCCCCCCCCCCCCC. The van der Waals surface area contributed by atoms with E-state index in [1.165, 1.54) is 122 Å². The third-order valence-electron chi connectivity index (χ3n) is 9.76. The zero-order valence-corrected chi connectivity index (χ0v) is 31.4. The fraction of sp³-hybridized carbons (Fsp3) is 0.949. The van der Waals surface area contributed by atoms with Crippen LogP contribution in [0.25, 0.3) is 0 Å². The predicted octanol–water partition coefficient (Wildman–Crippen LogP) is 6.59. The maximum absolute atomic E-state index is 13.1. The second kappa shape index (κ2) is 31.4. The summed E-state index contributed by atoms with van der Waals surface area (Å²) in [7, 11) is 0. The lowest BCUT2D eigenvalue weighted by atomic mass is 9.99. The number of rotatable bonds is 33. The zero-order valence-electron chi connectivity index (χ0n) is 31.4. The highest BCUT2D eigenvalue weighted by atomic mass is 16.7. The molecule has 0 radical (unpaired) electrons. The van der Waals surface area contributed by atoms with Gasteiger partial charge in [-0.1, -0.05) is 162 Å². The van der Waals surface area contributed by atoms with E-state index in [-0.39, 0.29) is 18.4 Å². The van der Waals surface area contributed by atoms with Crippen molar-refractivity contribution < 1.29 is 39.5 Å². The lowest BCUT2D eigenvalue weighted by Crippen LogP contribution is -2.60. The minimum absolute atomic E-state index is 0.244. The number of carbonyl (C=O) groups excluding carboxylic acids is 2. The van der Waals surface area contributed by atoms with E-state index in [0.717, 1.165) is 38.5 Å². The van der Waals surface area contributed by atoms with E-state index in [0.29, 0.717) is 13.0 Å². The Hall–Kier alpha value is -1.30. The van der Waals surface area contributed by atoms with Crippen LogP contribution in [0.4, 0.5) is 0 Å². The van der Waals surface area contributed by atoms with E-state index < -0.39 is 43.4 Å². The van der Waals surface area contributed by atoms with Gasteiger partial charge in [0.25, 0.3) is 0 Å². The molecule has 6 atom stereocenters. The average molecular weight is 701 g/mol. The van der Waals surface area contributed by atoms with E-state index in [1.807, 2.05) is 0 Å². The number of carbonyl (C=O) groups is 2. The maximum atomic E-state index is 13.1. The second-order valence-electron chi connectivity index (χ2n) is 14.3. The minimum Gasteiger partial charge on any atom is -0.394 e. The van der Waals surface area contributed by atoms with Crippen molar-refractivity contribution in [2.75, 3.05) is 19.8 Å². The molecule has 1 heterocycles. The van der Waals surface area contributed by atoms with Crippen molar-refractivity contribution in [2.45, 2.75) is 218 Å². The smallest absolute Gasteiger partial charge is 0.244 e. The van der Waals surface area contributed by atoms with Gasteiger partial charge in [0.2, 0.25) is 11.8 Å². The van der Waals surface area contributed by atoms with Gasteiger partial charge in [-0.05, 0) is 12.8 Å². The molecule has 0 aromatic heterocycles. The van der Waals surface area contributed by atoms with Crippen LogP contribution in [-0.4, -0.2) is 88.7 Å². The monoisotopic (exact) mass is 701 g/mol. The number of amides is 2. The minimum atomic E-state index is -1.58. The third-order valence-corrected chi connectivity index (χ3v) is 9.76. The van der Waals surface area contributed by atoms with Crippen LogP contribution in [0.3, 0.4) is 0 Å². The Balaban J connectivity index is 2.39. The normalized spacial score (nSPS) is 21.5. The second-order valence-corrected chi connectivity index (χ2v) is 14.3. The van der Waals surface area contributed by atoms with Gasteiger partial charge < -0.3 is 40.5 Å². The summed E-state index contributed by atoms with van der Waals surface area (Å²) in [6.45, 7) is 4.10. The first-order valence-electron chi connectivity index (χ1n) is 20.3. The predicted molar refractivity (Wildman–Crippen MR) is 196 cm³/mol. The highest BCUT2D eigenvalue weighted by molar-refractivity contribution is 5.87. The Morgan fingerprint density at radius 1 is 0.612 bits per heavy atom. The van der Waals surface area contributed by atoms with Crippen LogP contribution in [0.1, 0.15) is 181 Å². The van der Waals surface area contributed by atoms with Crippen LogP contribution in [0.15, 0.2) is 0 Å². The first kappa shape index (κ1) is 45.7. The number of nitrogens with one attached hydrogen (secondary N) is 2. The van der Waals surface area contributed by atoms with Gasteiger partial charge >= 0.3 is 0 Å². The lowest BCUT2D eigenvalue weighted by Gasteiger charge is -2.39. The molecule has 49 heavy (non-hydrogen) atoms. The number of hydrogen-bond acceptors (Lipinski definition) is 8. The first-order chi connectivity index (χ1) is 23.8. The number of unbranched alkanes of at least 4 members (excludes halogenated alkanes) is 23. The molecule has 0 spiro atoms. The van der Waals surface area contributed by atoms with Crippen molar-refractivity contribution in [1.29, 1.82) is 0 Å². The van der Waals surface area contributed by atoms with Crippen LogP contribution in [-0.2, 0) is 19.1 Å². The number of aliphatic hydroxyl groups is 4. The largest absolute Gasteiger partial charge is 0.394 e. The number of aliphatic hydroxyl groups excluding tert-OH is 4. The molecule has 10 nitrogen and oxygen atoms in total. The van der Waals surface area contributed by atoms with E-state index in [2.05, 4.69) is 24.5 Å². The molecule has 1 aliphatic rings. The number of hydrogen-bond donors (Lipinski definition) is 6. The Labute approximate surface area is 298 Å². The van der Waals surface area contributed by atoms with E-state index in [9.17, 15) is 30.0 Å². The fourth-order valence-electron chi connectivity index (χ4n) is 6.45. The van der Waals surface area contributed by atoms with Gasteiger partial charge in [0.1, 0.15) is 30.5 Å². The van der Waals surface area contributed by atoms with Crippen molar-refractivity contribution in [2.24, 2.45) is 0 Å². The standard InChI is InChI=1S/C39H76N2O8/c1-3-5-7-9-11-13-15-17-18-20-22-24-26-28-34(43)41-32(31-48-39-37(46)36(45)35(44)33(30-42)49-39)38(47)40-29-27-25-23-21-19-16-14-12-10-8-6-4-2/h32-33,35-37,39,42,44-46H,3-31H2,1-2H3,(H,40,47)(H,41,43)/t32-,33+,35-,36-,37+,39-/m0/s1. The summed E-state index contributed by atoms with van der Waals surface area (Å²) in [6, 6.07) is -1.01. The van der Waals surface area contributed by atoms with Crippen molar-refractivity contribution in [3.63, 3.8) is 0 Å². The molecule has 0 saturated carbocycles. The number of ether oxygens (including phenoxy) is 2. The topological polar surface area (TPSA) is 158 Å². The van der Waals surface area contributed by atoms with Crippen LogP contribution in [0.5, 0.6) is 0 Å². The van der Waals surface area contributed by atoms with Crippen molar-refractivity contribution in [3.05, 3.63) is 0 Å². The van der Waals surface area contributed by atoms with Gasteiger partial charge in [-0.3, -0.25) is 9.59 Å². The third kappa shape index (κ3) is 23.0. The zero-order chi connectivity index (χ0) is 36.0. The first-order valence-corrected chi connectivity index (χ1v) is 20.3. The molecular formula is C39H76N2O8. The summed E-state index contributed by atoms with van der Waals surface area (Å²) in [6.07, 6.45) is 23.7. The molecule has 2 amide bonds. The Morgan fingerprint density at radius 2 is 1.04 bits per heavy atom. The highest BCUT2D eigenvalue weighted by Crippen LogP contribution is 2.22. The molecule has 1 saturated heterocycles. The van der Waals surface area contributed by atoms with Crippen LogP contribution < -0.4 is 10.6 Å². The molecule has 1 fully saturated rings. The van der Waals surface area contributed by atoms with E-state index >= 15 is 0 Å².